The van der Waals surface area contributed by atoms with Crippen LogP contribution < -0.4 is 5.32 Å². The van der Waals surface area contributed by atoms with Crippen LogP contribution in [0.25, 0.3) is 0 Å². The van der Waals surface area contributed by atoms with Crippen molar-refractivity contribution in [1.29, 1.82) is 0 Å². The molecule has 3 aliphatic heterocycles. The summed E-state index contributed by atoms with van der Waals surface area (Å²) in [5.41, 5.74) is 0.567. The summed E-state index contributed by atoms with van der Waals surface area (Å²) < 4.78 is 5.56. The van der Waals surface area contributed by atoms with Crippen molar-refractivity contribution >= 4 is 11.8 Å². The first-order valence-electron chi connectivity index (χ1n) is 10.7. The minimum atomic E-state index is -0.0999. The first-order chi connectivity index (χ1) is 13.7. The Morgan fingerprint density at radius 3 is 3.00 bits per heavy atom. The van der Waals surface area contributed by atoms with Gasteiger partial charge in [0.15, 0.2) is 0 Å². The standard InChI is InChI=1S/C21H32N4O3/c1-2-28-10-9-24-13-15-11-16(14-24)19(25-18(15)6-3-7-20(25)26)12-23-21(27)17-5-4-8-22-17/h4-5,8,15-16,18-19,22H,2-3,6-7,9-14H2,1H3,(H,23,27)/t15-,16-,18-,19-/m0/s1. The predicted octanol–water partition coefficient (Wildman–Crippen LogP) is 1.48. The first kappa shape index (κ1) is 19.5. The van der Waals surface area contributed by atoms with Crippen molar-refractivity contribution in [3.05, 3.63) is 24.0 Å². The molecule has 3 aliphatic rings. The van der Waals surface area contributed by atoms with E-state index in [0.717, 1.165) is 52.1 Å². The molecule has 2 bridgehead atoms. The Hall–Kier alpha value is -1.86. The Morgan fingerprint density at radius 1 is 1.36 bits per heavy atom. The number of aromatic nitrogens is 1. The van der Waals surface area contributed by atoms with Crippen molar-refractivity contribution < 1.29 is 14.3 Å². The third-order valence-electron chi connectivity index (χ3n) is 6.64. The molecule has 7 heteroatoms. The van der Waals surface area contributed by atoms with Gasteiger partial charge >= 0.3 is 0 Å². The van der Waals surface area contributed by atoms with Gasteiger partial charge in [-0.25, -0.2) is 0 Å². The number of likely N-dealkylation sites (tertiary alicyclic amines) is 1. The van der Waals surface area contributed by atoms with Crippen LogP contribution in [0.15, 0.2) is 18.3 Å². The molecule has 28 heavy (non-hydrogen) atoms. The normalized spacial score (nSPS) is 30.2. The summed E-state index contributed by atoms with van der Waals surface area (Å²) in [5, 5.41) is 3.07. The molecule has 4 atom stereocenters. The minimum Gasteiger partial charge on any atom is -0.380 e. The summed E-state index contributed by atoms with van der Waals surface area (Å²) in [6.07, 6.45) is 5.63. The molecule has 0 saturated carbocycles. The smallest absolute Gasteiger partial charge is 0.267 e. The number of H-pyrrole nitrogens is 1. The molecule has 1 aromatic heterocycles. The lowest BCUT2D eigenvalue weighted by Crippen LogP contribution is -2.67. The van der Waals surface area contributed by atoms with Crippen molar-refractivity contribution in [3.8, 4) is 0 Å². The van der Waals surface area contributed by atoms with Gasteiger partial charge in [-0.15, -0.1) is 0 Å². The van der Waals surface area contributed by atoms with Gasteiger partial charge in [0.1, 0.15) is 5.69 Å². The maximum atomic E-state index is 12.8. The van der Waals surface area contributed by atoms with Gasteiger partial charge in [0, 0.05) is 51.4 Å². The maximum Gasteiger partial charge on any atom is 0.267 e. The maximum absolute atomic E-state index is 12.8. The van der Waals surface area contributed by atoms with Gasteiger partial charge < -0.3 is 24.8 Å². The van der Waals surface area contributed by atoms with Gasteiger partial charge in [0.05, 0.1) is 12.6 Å². The Bertz CT molecular complexity index is 677. The van der Waals surface area contributed by atoms with Crippen LogP contribution in [0.5, 0.6) is 0 Å². The second-order valence-corrected chi connectivity index (χ2v) is 8.33. The number of nitrogens with one attached hydrogen (secondary N) is 2. The Kier molecular flexibility index (Phi) is 6.01. The Morgan fingerprint density at radius 2 is 2.21 bits per heavy atom. The van der Waals surface area contributed by atoms with E-state index in [0.29, 0.717) is 36.5 Å². The molecule has 0 radical (unpaired) electrons. The number of rotatable bonds is 7. The van der Waals surface area contributed by atoms with Crippen LogP contribution in [0.2, 0.25) is 0 Å². The summed E-state index contributed by atoms with van der Waals surface area (Å²) in [4.78, 5) is 32.8. The summed E-state index contributed by atoms with van der Waals surface area (Å²) in [5.74, 6) is 1.12. The molecule has 2 amide bonds. The quantitative estimate of drug-likeness (QED) is 0.694. The van der Waals surface area contributed by atoms with E-state index < -0.39 is 0 Å². The lowest BCUT2D eigenvalue weighted by molar-refractivity contribution is -0.152. The highest BCUT2D eigenvalue weighted by Gasteiger charge is 2.49. The summed E-state index contributed by atoms with van der Waals surface area (Å²) in [7, 11) is 0. The van der Waals surface area contributed by atoms with Gasteiger partial charge in [-0.05, 0) is 50.2 Å². The molecule has 4 rings (SSSR count). The van der Waals surface area contributed by atoms with Crippen molar-refractivity contribution in [2.45, 2.75) is 44.7 Å². The molecule has 1 aromatic rings. The van der Waals surface area contributed by atoms with Crippen LogP contribution in [0.3, 0.4) is 0 Å². The zero-order valence-electron chi connectivity index (χ0n) is 16.7. The molecule has 3 fully saturated rings. The number of fused-ring (bicyclic) bond motifs is 4. The number of hydrogen-bond donors (Lipinski definition) is 2. The predicted molar refractivity (Wildman–Crippen MR) is 106 cm³/mol. The Balaban J connectivity index is 1.47. The number of aromatic amines is 1. The van der Waals surface area contributed by atoms with Crippen molar-refractivity contribution in [2.75, 3.05) is 39.4 Å². The van der Waals surface area contributed by atoms with Crippen molar-refractivity contribution in [1.82, 2.24) is 20.1 Å². The van der Waals surface area contributed by atoms with E-state index in [1.165, 1.54) is 0 Å². The molecule has 0 aliphatic carbocycles. The third-order valence-corrected chi connectivity index (χ3v) is 6.64. The van der Waals surface area contributed by atoms with Gasteiger partial charge in [-0.3, -0.25) is 9.59 Å². The van der Waals surface area contributed by atoms with E-state index in [4.69, 9.17) is 4.74 Å². The number of hydrogen-bond acceptors (Lipinski definition) is 4. The van der Waals surface area contributed by atoms with Crippen molar-refractivity contribution in [2.24, 2.45) is 11.8 Å². The number of carbonyl (C=O) groups excluding carboxylic acids is 2. The number of carbonyl (C=O) groups is 2. The van der Waals surface area contributed by atoms with E-state index in [2.05, 4.69) is 20.1 Å². The molecule has 0 aromatic carbocycles. The minimum absolute atomic E-state index is 0.0860. The van der Waals surface area contributed by atoms with E-state index in [1.807, 2.05) is 13.0 Å². The van der Waals surface area contributed by atoms with E-state index >= 15 is 0 Å². The lowest BCUT2D eigenvalue weighted by Gasteiger charge is -2.56. The Labute approximate surface area is 166 Å². The highest BCUT2D eigenvalue weighted by atomic mass is 16.5. The van der Waals surface area contributed by atoms with Crippen LogP contribution >= 0.6 is 0 Å². The van der Waals surface area contributed by atoms with E-state index in [1.54, 1.807) is 12.3 Å². The molecular formula is C21H32N4O3. The monoisotopic (exact) mass is 388 g/mol. The molecule has 0 unspecified atom stereocenters. The SMILES string of the molecule is CCOCCN1C[C@@H]2C[C@@H](C1)[C@H](CNC(=O)c1ccc[nH]1)N1C(=O)CCC[C@@H]21. The molecule has 2 N–H and O–H groups in total. The average Bonchev–Trinajstić information content (AvgIpc) is 3.23. The van der Waals surface area contributed by atoms with Crippen LogP contribution in [0.4, 0.5) is 0 Å². The first-order valence-corrected chi connectivity index (χ1v) is 10.7. The van der Waals surface area contributed by atoms with Gasteiger partial charge in [0.25, 0.3) is 5.91 Å². The number of ether oxygens (including phenoxy) is 1. The van der Waals surface area contributed by atoms with Gasteiger partial charge in [-0.2, -0.15) is 0 Å². The van der Waals surface area contributed by atoms with E-state index in [9.17, 15) is 9.59 Å². The fourth-order valence-electron chi connectivity index (χ4n) is 5.42. The van der Waals surface area contributed by atoms with Crippen LogP contribution in [-0.4, -0.2) is 78.1 Å². The molecule has 0 spiro atoms. The van der Waals surface area contributed by atoms with Crippen LogP contribution in [-0.2, 0) is 9.53 Å². The molecule has 4 heterocycles. The number of piperidine rings is 3. The molecule has 154 valence electrons. The summed E-state index contributed by atoms with van der Waals surface area (Å²) in [6, 6.07) is 4.00. The van der Waals surface area contributed by atoms with Gasteiger partial charge in [0.2, 0.25) is 5.91 Å². The highest BCUT2D eigenvalue weighted by molar-refractivity contribution is 5.92. The molecule has 3 saturated heterocycles. The topological polar surface area (TPSA) is 77.7 Å². The highest BCUT2D eigenvalue weighted by Crippen LogP contribution is 2.41. The molecular weight excluding hydrogens is 356 g/mol. The fourth-order valence-corrected chi connectivity index (χ4v) is 5.42. The number of amides is 2. The second kappa shape index (κ2) is 8.66. The van der Waals surface area contributed by atoms with Crippen LogP contribution in [0, 0.1) is 11.8 Å². The summed E-state index contributed by atoms with van der Waals surface area (Å²) >= 11 is 0. The second-order valence-electron chi connectivity index (χ2n) is 8.33. The zero-order valence-corrected chi connectivity index (χ0v) is 16.7. The van der Waals surface area contributed by atoms with Crippen molar-refractivity contribution in [3.63, 3.8) is 0 Å². The molecule has 7 nitrogen and oxygen atoms in total. The average molecular weight is 389 g/mol. The number of nitrogens with zero attached hydrogens (tertiary/aromatic N) is 2. The summed E-state index contributed by atoms with van der Waals surface area (Å²) in [6.45, 7) is 7.04. The lowest BCUT2D eigenvalue weighted by atomic mass is 9.72. The van der Waals surface area contributed by atoms with Gasteiger partial charge in [-0.1, -0.05) is 0 Å². The largest absolute Gasteiger partial charge is 0.380 e. The van der Waals surface area contributed by atoms with E-state index in [-0.39, 0.29) is 17.9 Å². The van der Waals surface area contributed by atoms with Crippen LogP contribution in [0.1, 0.15) is 43.1 Å². The zero-order chi connectivity index (χ0) is 19.5. The fraction of sp³-hybridized carbons (Fsp3) is 0.714. The third kappa shape index (κ3) is 3.96.